The van der Waals surface area contributed by atoms with Crippen molar-refractivity contribution in [2.45, 2.75) is 18.8 Å². The summed E-state index contributed by atoms with van der Waals surface area (Å²) in [4.78, 5) is 0. The molecule has 0 bridgehead atoms. The van der Waals surface area contributed by atoms with Crippen LogP contribution >= 0.6 is 0 Å². The Bertz CT molecular complexity index is 277. The van der Waals surface area contributed by atoms with Gasteiger partial charge in [0.15, 0.2) is 0 Å². The van der Waals surface area contributed by atoms with Gasteiger partial charge in [0.1, 0.15) is 0 Å². The van der Waals surface area contributed by atoms with Crippen molar-refractivity contribution in [1.82, 2.24) is 15.1 Å². The Morgan fingerprint density at radius 3 is 3.33 bits per heavy atom. The lowest BCUT2D eigenvalue weighted by Gasteiger charge is -2.10. The standard InChI is InChI=1S/C9H15N3/c1-10-5-7-3-4-8-6-11-12(2)9(7)8/h6-7,10H,3-5H2,1-2H3. The molecule has 1 heterocycles. The van der Waals surface area contributed by atoms with Crippen LogP contribution in [0.3, 0.4) is 0 Å². The minimum Gasteiger partial charge on any atom is -0.319 e. The summed E-state index contributed by atoms with van der Waals surface area (Å²) in [5.74, 6) is 0.678. The molecule has 12 heavy (non-hydrogen) atoms. The second kappa shape index (κ2) is 2.90. The van der Waals surface area contributed by atoms with Crippen molar-refractivity contribution < 1.29 is 0 Å². The van der Waals surface area contributed by atoms with Gasteiger partial charge in [0.25, 0.3) is 0 Å². The minimum atomic E-state index is 0.678. The van der Waals surface area contributed by atoms with Crippen LogP contribution in [0.4, 0.5) is 0 Å². The Hall–Kier alpha value is -0.830. The third-order valence-corrected chi connectivity index (χ3v) is 2.66. The Labute approximate surface area is 72.8 Å². The summed E-state index contributed by atoms with van der Waals surface area (Å²) in [5, 5.41) is 7.49. The van der Waals surface area contributed by atoms with Gasteiger partial charge >= 0.3 is 0 Å². The molecular formula is C9H15N3. The smallest absolute Gasteiger partial charge is 0.0524 e. The van der Waals surface area contributed by atoms with Gasteiger partial charge in [-0.05, 0) is 25.5 Å². The molecule has 0 radical (unpaired) electrons. The van der Waals surface area contributed by atoms with Crippen molar-refractivity contribution in [3.05, 3.63) is 17.5 Å². The van der Waals surface area contributed by atoms with Crippen molar-refractivity contribution in [2.75, 3.05) is 13.6 Å². The molecule has 0 saturated heterocycles. The monoisotopic (exact) mass is 165 g/mol. The van der Waals surface area contributed by atoms with Crippen molar-refractivity contribution in [2.24, 2.45) is 7.05 Å². The highest BCUT2D eigenvalue weighted by molar-refractivity contribution is 5.27. The third kappa shape index (κ3) is 1.05. The number of rotatable bonds is 2. The molecule has 1 atom stereocenters. The fraction of sp³-hybridized carbons (Fsp3) is 0.667. The van der Waals surface area contributed by atoms with Crippen LogP contribution in [0.2, 0.25) is 0 Å². The fourth-order valence-electron chi connectivity index (χ4n) is 2.12. The zero-order valence-electron chi connectivity index (χ0n) is 7.67. The molecule has 0 aromatic carbocycles. The van der Waals surface area contributed by atoms with Gasteiger partial charge in [-0.2, -0.15) is 5.10 Å². The molecule has 1 aromatic rings. The van der Waals surface area contributed by atoms with Crippen LogP contribution < -0.4 is 5.32 Å². The first-order valence-corrected chi connectivity index (χ1v) is 4.48. The summed E-state index contributed by atoms with van der Waals surface area (Å²) in [6.45, 7) is 1.08. The van der Waals surface area contributed by atoms with Gasteiger partial charge in [0, 0.05) is 25.2 Å². The number of hydrogen-bond donors (Lipinski definition) is 1. The molecule has 3 heteroatoms. The first-order chi connectivity index (χ1) is 5.83. The highest BCUT2D eigenvalue weighted by Crippen LogP contribution is 2.31. The van der Waals surface area contributed by atoms with Crippen molar-refractivity contribution in [3.63, 3.8) is 0 Å². The molecule has 66 valence electrons. The normalized spacial score (nSPS) is 21.3. The maximum Gasteiger partial charge on any atom is 0.0524 e. The zero-order chi connectivity index (χ0) is 8.55. The molecule has 3 nitrogen and oxygen atoms in total. The van der Waals surface area contributed by atoms with Crippen LogP contribution in [0, 0.1) is 0 Å². The highest BCUT2D eigenvalue weighted by atomic mass is 15.3. The van der Waals surface area contributed by atoms with Gasteiger partial charge in [-0.15, -0.1) is 0 Å². The van der Waals surface area contributed by atoms with E-state index in [1.807, 2.05) is 25.0 Å². The van der Waals surface area contributed by atoms with E-state index in [-0.39, 0.29) is 0 Å². The summed E-state index contributed by atoms with van der Waals surface area (Å²) in [5.41, 5.74) is 2.88. The predicted octanol–water partition coefficient (Wildman–Crippen LogP) is 0.669. The average molecular weight is 165 g/mol. The summed E-state index contributed by atoms with van der Waals surface area (Å²) < 4.78 is 2.02. The van der Waals surface area contributed by atoms with Gasteiger partial charge in [0.05, 0.1) is 6.20 Å². The molecule has 1 aliphatic rings. The van der Waals surface area contributed by atoms with Crippen LogP contribution in [0.1, 0.15) is 23.6 Å². The molecule has 0 spiro atoms. The van der Waals surface area contributed by atoms with Crippen LogP contribution in [0.5, 0.6) is 0 Å². The molecule has 1 aromatic heterocycles. The Kier molecular flexibility index (Phi) is 1.89. The van der Waals surface area contributed by atoms with Gasteiger partial charge in [-0.25, -0.2) is 0 Å². The van der Waals surface area contributed by atoms with Crippen LogP contribution in [-0.4, -0.2) is 23.4 Å². The minimum absolute atomic E-state index is 0.678. The molecule has 0 saturated carbocycles. The fourth-order valence-corrected chi connectivity index (χ4v) is 2.12. The summed E-state index contributed by atoms with van der Waals surface area (Å²) >= 11 is 0. The van der Waals surface area contributed by atoms with Crippen LogP contribution in [0.15, 0.2) is 6.20 Å². The van der Waals surface area contributed by atoms with Gasteiger partial charge in [0.2, 0.25) is 0 Å². The van der Waals surface area contributed by atoms with E-state index >= 15 is 0 Å². The average Bonchev–Trinajstić information content (AvgIpc) is 2.58. The van der Waals surface area contributed by atoms with Crippen molar-refractivity contribution in [3.8, 4) is 0 Å². The summed E-state index contributed by atoms with van der Waals surface area (Å²) in [7, 11) is 4.04. The number of nitrogens with one attached hydrogen (secondary N) is 1. The maximum absolute atomic E-state index is 4.26. The third-order valence-electron chi connectivity index (χ3n) is 2.66. The molecule has 1 N–H and O–H groups in total. The number of likely N-dealkylation sites (N-methyl/N-ethyl adjacent to an activating group) is 1. The second-order valence-corrected chi connectivity index (χ2v) is 3.47. The molecule has 0 amide bonds. The topological polar surface area (TPSA) is 29.9 Å². The number of nitrogens with zero attached hydrogens (tertiary/aromatic N) is 2. The van der Waals surface area contributed by atoms with Gasteiger partial charge in [-0.1, -0.05) is 0 Å². The lowest BCUT2D eigenvalue weighted by Crippen LogP contribution is -2.17. The number of fused-ring (bicyclic) bond motifs is 1. The number of aryl methyl sites for hydroxylation is 2. The lowest BCUT2D eigenvalue weighted by molar-refractivity contribution is 0.571. The first-order valence-electron chi connectivity index (χ1n) is 4.48. The van der Waals surface area contributed by atoms with Gasteiger partial charge in [-0.3, -0.25) is 4.68 Å². The summed E-state index contributed by atoms with van der Waals surface area (Å²) in [6, 6.07) is 0. The van der Waals surface area contributed by atoms with E-state index in [4.69, 9.17) is 0 Å². The van der Waals surface area contributed by atoms with Crippen molar-refractivity contribution >= 4 is 0 Å². The van der Waals surface area contributed by atoms with Crippen LogP contribution in [0.25, 0.3) is 0 Å². The van der Waals surface area contributed by atoms with E-state index in [0.29, 0.717) is 5.92 Å². The van der Waals surface area contributed by atoms with Crippen LogP contribution in [-0.2, 0) is 13.5 Å². The van der Waals surface area contributed by atoms with E-state index in [0.717, 1.165) is 6.54 Å². The molecule has 0 aliphatic heterocycles. The molecule has 1 unspecified atom stereocenters. The first kappa shape index (κ1) is 7.80. The number of hydrogen-bond acceptors (Lipinski definition) is 2. The van der Waals surface area contributed by atoms with Gasteiger partial charge < -0.3 is 5.32 Å². The molecule has 2 rings (SSSR count). The Morgan fingerprint density at radius 1 is 1.75 bits per heavy atom. The maximum atomic E-state index is 4.26. The van der Waals surface area contributed by atoms with Crippen molar-refractivity contribution in [1.29, 1.82) is 0 Å². The molecular weight excluding hydrogens is 150 g/mol. The van der Waals surface area contributed by atoms with E-state index in [1.165, 1.54) is 24.1 Å². The molecule has 1 aliphatic carbocycles. The van der Waals surface area contributed by atoms with E-state index in [1.54, 1.807) is 0 Å². The van der Waals surface area contributed by atoms with E-state index in [2.05, 4.69) is 10.4 Å². The quantitative estimate of drug-likeness (QED) is 0.698. The highest BCUT2D eigenvalue weighted by Gasteiger charge is 2.25. The predicted molar refractivity (Wildman–Crippen MR) is 48.2 cm³/mol. The largest absolute Gasteiger partial charge is 0.319 e. The Balaban J connectivity index is 2.27. The lowest BCUT2D eigenvalue weighted by atomic mass is 10.1. The zero-order valence-corrected chi connectivity index (χ0v) is 7.67. The molecule has 0 fully saturated rings. The summed E-state index contributed by atoms with van der Waals surface area (Å²) in [6.07, 6.45) is 4.49. The second-order valence-electron chi connectivity index (χ2n) is 3.47. The SMILES string of the molecule is CNCC1CCc2cnn(C)c21. The van der Waals surface area contributed by atoms with E-state index < -0.39 is 0 Å². The Morgan fingerprint density at radius 2 is 2.58 bits per heavy atom. The number of aromatic nitrogens is 2. The van der Waals surface area contributed by atoms with E-state index in [9.17, 15) is 0 Å².